The van der Waals surface area contributed by atoms with E-state index < -0.39 is 11.7 Å². The predicted molar refractivity (Wildman–Crippen MR) is 106 cm³/mol. The average Bonchev–Trinajstić information content (AvgIpc) is 2.69. The summed E-state index contributed by atoms with van der Waals surface area (Å²) in [5, 5.41) is -0.344. The van der Waals surface area contributed by atoms with Gasteiger partial charge in [-0.1, -0.05) is 23.7 Å². The summed E-state index contributed by atoms with van der Waals surface area (Å²) in [6.07, 6.45) is -2.36. The van der Waals surface area contributed by atoms with E-state index >= 15 is 0 Å². The molecule has 1 saturated heterocycles. The Bertz CT molecular complexity index is 886. The van der Waals surface area contributed by atoms with Crippen molar-refractivity contribution >= 4 is 29.4 Å². The summed E-state index contributed by atoms with van der Waals surface area (Å²) >= 11 is 7.26. The van der Waals surface area contributed by atoms with Gasteiger partial charge in [0.2, 0.25) is 0 Å². The number of fused-ring (bicyclic) bond motifs is 1. The van der Waals surface area contributed by atoms with Crippen LogP contribution in [0.3, 0.4) is 0 Å². The van der Waals surface area contributed by atoms with Crippen molar-refractivity contribution in [1.29, 1.82) is 0 Å². The van der Waals surface area contributed by atoms with Gasteiger partial charge in [-0.3, -0.25) is 0 Å². The van der Waals surface area contributed by atoms with Crippen molar-refractivity contribution in [3.05, 3.63) is 58.6 Å². The topological polar surface area (TPSA) is 24.8 Å². The first kappa shape index (κ1) is 19.5. The zero-order chi connectivity index (χ0) is 19.7. The Kier molecular flexibility index (Phi) is 5.47. The van der Waals surface area contributed by atoms with Crippen LogP contribution in [0.25, 0.3) is 0 Å². The molecule has 2 aromatic rings. The lowest BCUT2D eigenvalue weighted by Crippen LogP contribution is -2.42. The summed E-state index contributed by atoms with van der Waals surface area (Å²) in [6.45, 7) is 2.08. The van der Waals surface area contributed by atoms with Crippen LogP contribution in [0.15, 0.2) is 46.9 Å². The minimum atomic E-state index is -4.52. The minimum absolute atomic E-state index is 0.0985. The number of rotatable bonds is 3. The van der Waals surface area contributed by atoms with Gasteiger partial charge in [-0.25, -0.2) is 4.40 Å². The normalized spacial score (nSPS) is 19.8. The van der Waals surface area contributed by atoms with Gasteiger partial charge in [0.25, 0.3) is 0 Å². The number of halogens is 4. The highest BCUT2D eigenvalue weighted by atomic mass is 35.5. The second-order valence-corrected chi connectivity index (χ2v) is 8.03. The van der Waals surface area contributed by atoms with Crippen LogP contribution >= 0.6 is 23.5 Å². The quantitative estimate of drug-likeness (QED) is 0.531. The highest BCUT2D eigenvalue weighted by Gasteiger charge is 2.34. The standard InChI is InChI=1S/C20H18ClF3N2OS/c21-18-8-7-15(12-17(18)20(22,23)24)27-14-5-3-13(4-6-14)16-2-1-9-26-10-11-28-25-19(16)26/h3-8,12,16H,1-2,9-11H2. The van der Waals surface area contributed by atoms with Crippen LogP contribution in [0.5, 0.6) is 11.5 Å². The van der Waals surface area contributed by atoms with Gasteiger partial charge in [0.15, 0.2) is 0 Å². The molecule has 0 aliphatic carbocycles. The molecule has 2 aliphatic rings. The van der Waals surface area contributed by atoms with E-state index in [-0.39, 0.29) is 16.7 Å². The van der Waals surface area contributed by atoms with Gasteiger partial charge in [-0.15, -0.1) is 0 Å². The maximum Gasteiger partial charge on any atom is 0.417 e. The van der Waals surface area contributed by atoms with Gasteiger partial charge >= 0.3 is 6.18 Å². The Morgan fingerprint density at radius 2 is 1.82 bits per heavy atom. The monoisotopic (exact) mass is 426 g/mol. The van der Waals surface area contributed by atoms with Crippen LogP contribution in [0, 0.1) is 0 Å². The van der Waals surface area contributed by atoms with E-state index in [1.807, 2.05) is 12.1 Å². The zero-order valence-corrected chi connectivity index (χ0v) is 16.4. The molecular weight excluding hydrogens is 409 g/mol. The zero-order valence-electron chi connectivity index (χ0n) is 14.9. The van der Waals surface area contributed by atoms with Crippen LogP contribution in [0.2, 0.25) is 5.02 Å². The highest BCUT2D eigenvalue weighted by Crippen LogP contribution is 2.38. The molecule has 8 heteroatoms. The SMILES string of the molecule is FC(F)(F)c1cc(Oc2ccc(C3CCCN4CCSN=C34)cc2)ccc1Cl. The lowest BCUT2D eigenvalue weighted by atomic mass is 9.89. The molecule has 4 rings (SSSR count). The van der Waals surface area contributed by atoms with Crippen LogP contribution in [0.4, 0.5) is 13.2 Å². The molecule has 0 saturated carbocycles. The molecular formula is C20H18ClF3N2OS. The van der Waals surface area contributed by atoms with E-state index in [2.05, 4.69) is 9.30 Å². The second-order valence-electron chi connectivity index (χ2n) is 6.78. The molecule has 2 heterocycles. The molecule has 28 heavy (non-hydrogen) atoms. The Labute approximate surface area is 170 Å². The van der Waals surface area contributed by atoms with Crippen molar-refractivity contribution in [2.45, 2.75) is 24.9 Å². The summed E-state index contributed by atoms with van der Waals surface area (Å²) < 4.78 is 49.3. The number of nitrogens with zero attached hydrogens (tertiary/aromatic N) is 2. The molecule has 0 radical (unpaired) electrons. The Morgan fingerprint density at radius 3 is 2.57 bits per heavy atom. The number of hydrogen-bond donors (Lipinski definition) is 0. The minimum Gasteiger partial charge on any atom is -0.457 e. The van der Waals surface area contributed by atoms with Gasteiger partial charge < -0.3 is 9.64 Å². The number of ether oxygens (including phenoxy) is 1. The fraction of sp³-hybridized carbons (Fsp3) is 0.350. The summed E-state index contributed by atoms with van der Waals surface area (Å²) in [5.74, 6) is 2.98. The molecule has 0 spiro atoms. The van der Waals surface area contributed by atoms with Gasteiger partial charge in [0, 0.05) is 24.8 Å². The summed E-state index contributed by atoms with van der Waals surface area (Å²) in [7, 11) is 0. The number of piperidine rings is 1. The van der Waals surface area contributed by atoms with Gasteiger partial charge in [-0.05, 0) is 60.7 Å². The van der Waals surface area contributed by atoms with Gasteiger partial charge in [-0.2, -0.15) is 13.2 Å². The van der Waals surface area contributed by atoms with Crippen molar-refractivity contribution in [1.82, 2.24) is 4.90 Å². The van der Waals surface area contributed by atoms with Crippen molar-refractivity contribution < 1.29 is 17.9 Å². The largest absolute Gasteiger partial charge is 0.457 e. The second kappa shape index (κ2) is 7.87. The number of amidine groups is 1. The van der Waals surface area contributed by atoms with E-state index in [1.54, 1.807) is 24.1 Å². The molecule has 0 bridgehead atoms. The smallest absolute Gasteiger partial charge is 0.417 e. The Balaban J connectivity index is 1.52. The number of hydrogen-bond acceptors (Lipinski definition) is 4. The van der Waals surface area contributed by atoms with Crippen molar-refractivity contribution in [2.75, 3.05) is 18.8 Å². The Hall–Kier alpha value is -1.86. The lowest BCUT2D eigenvalue weighted by Gasteiger charge is -2.37. The lowest BCUT2D eigenvalue weighted by molar-refractivity contribution is -0.137. The molecule has 1 atom stereocenters. The summed E-state index contributed by atoms with van der Waals surface area (Å²) in [6, 6.07) is 11.0. The third-order valence-electron chi connectivity index (χ3n) is 4.93. The number of alkyl halides is 3. The van der Waals surface area contributed by atoms with Crippen LogP contribution in [0.1, 0.15) is 29.9 Å². The van der Waals surface area contributed by atoms with Crippen LogP contribution in [-0.2, 0) is 6.18 Å². The molecule has 0 amide bonds. The molecule has 2 aromatic carbocycles. The fourth-order valence-electron chi connectivity index (χ4n) is 3.57. The third kappa shape index (κ3) is 4.10. The molecule has 2 aliphatic heterocycles. The Morgan fingerprint density at radius 1 is 1.07 bits per heavy atom. The maximum absolute atomic E-state index is 13.0. The van der Waals surface area contributed by atoms with Gasteiger partial charge in [0.1, 0.15) is 17.3 Å². The highest BCUT2D eigenvalue weighted by molar-refractivity contribution is 7.98. The number of benzene rings is 2. The van der Waals surface area contributed by atoms with E-state index in [4.69, 9.17) is 16.3 Å². The molecule has 0 aromatic heterocycles. The summed E-state index contributed by atoms with van der Waals surface area (Å²) in [5.41, 5.74) is 0.240. The maximum atomic E-state index is 13.0. The van der Waals surface area contributed by atoms with Crippen LogP contribution in [-0.4, -0.2) is 29.6 Å². The van der Waals surface area contributed by atoms with Crippen LogP contribution < -0.4 is 4.74 Å². The molecule has 1 fully saturated rings. The van der Waals surface area contributed by atoms with Crippen molar-refractivity contribution in [3.63, 3.8) is 0 Å². The average molecular weight is 427 g/mol. The van der Waals surface area contributed by atoms with Crippen molar-refractivity contribution in [2.24, 2.45) is 4.40 Å². The molecule has 0 N–H and O–H groups in total. The first-order chi connectivity index (χ1) is 13.4. The molecule has 3 nitrogen and oxygen atoms in total. The summed E-state index contributed by atoms with van der Waals surface area (Å²) in [4.78, 5) is 2.35. The van der Waals surface area contributed by atoms with E-state index in [9.17, 15) is 13.2 Å². The third-order valence-corrected chi connectivity index (χ3v) is 5.94. The van der Waals surface area contributed by atoms with Crippen molar-refractivity contribution in [3.8, 4) is 11.5 Å². The fourth-order valence-corrected chi connectivity index (χ4v) is 4.56. The first-order valence-electron chi connectivity index (χ1n) is 9.01. The van der Waals surface area contributed by atoms with E-state index in [0.29, 0.717) is 5.75 Å². The molecule has 148 valence electrons. The predicted octanol–water partition coefficient (Wildman–Crippen LogP) is 6.39. The molecule has 1 unspecified atom stereocenters. The van der Waals surface area contributed by atoms with E-state index in [1.165, 1.54) is 12.1 Å². The van der Waals surface area contributed by atoms with E-state index in [0.717, 1.165) is 49.1 Å². The van der Waals surface area contributed by atoms with Gasteiger partial charge in [0.05, 0.1) is 10.6 Å². The first-order valence-corrected chi connectivity index (χ1v) is 10.3.